The van der Waals surface area contributed by atoms with Crippen LogP contribution in [-0.2, 0) is 16.1 Å². The van der Waals surface area contributed by atoms with Gasteiger partial charge in [0.15, 0.2) is 0 Å². The van der Waals surface area contributed by atoms with E-state index in [9.17, 15) is 15.0 Å². The Hall–Kier alpha value is -1.43. The van der Waals surface area contributed by atoms with Crippen molar-refractivity contribution in [2.24, 2.45) is 11.8 Å². The smallest absolute Gasteiger partial charge is 0.311 e. The summed E-state index contributed by atoms with van der Waals surface area (Å²) < 4.78 is 5.38. The number of hydrogen-bond acceptors (Lipinski definition) is 5. The molecule has 0 aromatic heterocycles. The van der Waals surface area contributed by atoms with E-state index < -0.39 is 12.0 Å². The van der Waals surface area contributed by atoms with Crippen LogP contribution in [0.2, 0.25) is 0 Å². The molecule has 5 nitrogen and oxygen atoms in total. The third kappa shape index (κ3) is 6.29. The predicted octanol–water partition coefficient (Wildman–Crippen LogP) is 3.43. The first-order chi connectivity index (χ1) is 13.4. The molecule has 5 heteroatoms. The molecule has 0 amide bonds. The largest absolute Gasteiger partial charge is 0.461 e. The molecule has 28 heavy (non-hydrogen) atoms. The quantitative estimate of drug-likeness (QED) is 0.533. The second-order valence-electron chi connectivity index (χ2n) is 8.50. The highest BCUT2D eigenvalue weighted by atomic mass is 16.5. The summed E-state index contributed by atoms with van der Waals surface area (Å²) in [5, 5.41) is 24.1. The zero-order chi connectivity index (χ0) is 20.6. The lowest BCUT2D eigenvalue weighted by Gasteiger charge is -2.45. The highest BCUT2D eigenvalue weighted by molar-refractivity contribution is 5.72. The maximum Gasteiger partial charge on any atom is 0.311 e. The van der Waals surface area contributed by atoms with E-state index in [-0.39, 0.29) is 36.7 Å². The summed E-state index contributed by atoms with van der Waals surface area (Å²) in [5.41, 5.74) is 0.818. The van der Waals surface area contributed by atoms with Gasteiger partial charge in [0.25, 0.3) is 0 Å². The first kappa shape index (κ1) is 22.9. The van der Waals surface area contributed by atoms with Crippen molar-refractivity contribution in [3.05, 3.63) is 35.9 Å². The van der Waals surface area contributed by atoms with Crippen LogP contribution in [0.15, 0.2) is 30.3 Å². The lowest BCUT2D eigenvalue weighted by molar-refractivity contribution is -0.153. The lowest BCUT2D eigenvalue weighted by atomic mass is 9.75. The van der Waals surface area contributed by atoms with Gasteiger partial charge in [0.2, 0.25) is 0 Å². The van der Waals surface area contributed by atoms with Gasteiger partial charge in [-0.25, -0.2) is 0 Å². The molecule has 1 aromatic rings. The number of carbonyl (C=O) groups is 1. The SMILES string of the molecule is CCCC(CO)[C@]1(C)CCC[C@H](C[C@@H](O)C(C)C(=O)OCc2ccccc2)N1. The van der Waals surface area contributed by atoms with Crippen molar-refractivity contribution in [2.75, 3.05) is 6.61 Å². The van der Waals surface area contributed by atoms with E-state index in [0.29, 0.717) is 6.42 Å². The molecule has 0 spiro atoms. The van der Waals surface area contributed by atoms with E-state index in [0.717, 1.165) is 37.7 Å². The molecule has 0 bridgehead atoms. The Kier molecular flexibility index (Phi) is 8.93. The molecule has 0 aliphatic carbocycles. The Morgan fingerprint density at radius 3 is 2.71 bits per heavy atom. The van der Waals surface area contributed by atoms with Gasteiger partial charge in [-0.3, -0.25) is 4.79 Å². The summed E-state index contributed by atoms with van der Waals surface area (Å²) in [5.74, 6) is -0.720. The summed E-state index contributed by atoms with van der Waals surface area (Å²) in [6, 6.07) is 9.70. The Labute approximate surface area is 169 Å². The Morgan fingerprint density at radius 2 is 2.07 bits per heavy atom. The molecule has 1 heterocycles. The molecule has 1 aromatic carbocycles. The Morgan fingerprint density at radius 1 is 1.36 bits per heavy atom. The van der Waals surface area contributed by atoms with E-state index in [1.165, 1.54) is 0 Å². The molecule has 1 aliphatic rings. The second-order valence-corrected chi connectivity index (χ2v) is 8.50. The average Bonchev–Trinajstić information content (AvgIpc) is 2.70. The van der Waals surface area contributed by atoms with Gasteiger partial charge in [0.05, 0.1) is 12.0 Å². The summed E-state index contributed by atoms with van der Waals surface area (Å²) in [4.78, 5) is 12.3. The summed E-state index contributed by atoms with van der Waals surface area (Å²) in [7, 11) is 0. The summed E-state index contributed by atoms with van der Waals surface area (Å²) >= 11 is 0. The van der Waals surface area contributed by atoms with Crippen molar-refractivity contribution in [1.29, 1.82) is 0 Å². The predicted molar refractivity (Wildman–Crippen MR) is 111 cm³/mol. The number of nitrogens with one attached hydrogen (secondary N) is 1. The van der Waals surface area contributed by atoms with Gasteiger partial charge in [-0.05, 0) is 51.0 Å². The van der Waals surface area contributed by atoms with Crippen molar-refractivity contribution in [2.45, 2.75) is 83.6 Å². The van der Waals surface area contributed by atoms with Gasteiger partial charge in [0, 0.05) is 18.2 Å². The number of aliphatic hydroxyl groups excluding tert-OH is 2. The minimum absolute atomic E-state index is 0.121. The first-order valence-corrected chi connectivity index (χ1v) is 10.7. The van der Waals surface area contributed by atoms with E-state index >= 15 is 0 Å². The minimum atomic E-state index is -0.748. The zero-order valence-corrected chi connectivity index (χ0v) is 17.6. The van der Waals surface area contributed by atoms with Crippen molar-refractivity contribution >= 4 is 5.97 Å². The van der Waals surface area contributed by atoms with Crippen molar-refractivity contribution in [3.8, 4) is 0 Å². The normalized spacial score (nSPS) is 25.7. The Balaban J connectivity index is 1.86. The Bertz CT molecular complexity index is 594. The number of hydrogen-bond donors (Lipinski definition) is 3. The maximum absolute atomic E-state index is 12.3. The number of rotatable bonds is 10. The highest BCUT2D eigenvalue weighted by Gasteiger charge is 2.38. The monoisotopic (exact) mass is 391 g/mol. The van der Waals surface area contributed by atoms with Crippen LogP contribution >= 0.6 is 0 Å². The van der Waals surface area contributed by atoms with Gasteiger partial charge in [-0.15, -0.1) is 0 Å². The summed E-state index contributed by atoms with van der Waals surface area (Å²) in [6.45, 7) is 6.45. The number of piperidine rings is 1. The van der Waals surface area contributed by atoms with Crippen LogP contribution in [0, 0.1) is 11.8 Å². The molecule has 158 valence electrons. The standard InChI is InChI=1S/C23H37NO4/c1-4-9-19(15-25)23(3)13-8-12-20(24-23)14-21(26)17(2)22(27)28-16-18-10-6-5-7-11-18/h5-7,10-11,17,19-21,24-26H,4,8-9,12-16H2,1-3H3/t17?,19?,20-,21-,23+/m1/s1. The minimum Gasteiger partial charge on any atom is -0.461 e. The van der Waals surface area contributed by atoms with Gasteiger partial charge >= 0.3 is 5.97 Å². The number of aliphatic hydroxyl groups is 2. The van der Waals surface area contributed by atoms with E-state index in [2.05, 4.69) is 19.2 Å². The molecule has 0 saturated carbocycles. The topological polar surface area (TPSA) is 78.8 Å². The number of benzene rings is 1. The van der Waals surface area contributed by atoms with Crippen LogP contribution in [0.1, 0.15) is 64.9 Å². The van der Waals surface area contributed by atoms with Gasteiger partial charge in [0.1, 0.15) is 6.61 Å². The maximum atomic E-state index is 12.3. The second kappa shape index (κ2) is 10.9. The fourth-order valence-corrected chi connectivity index (χ4v) is 4.30. The summed E-state index contributed by atoms with van der Waals surface area (Å²) in [6.07, 6.45) is 4.86. The van der Waals surface area contributed by atoms with Crippen LogP contribution < -0.4 is 5.32 Å². The fourth-order valence-electron chi connectivity index (χ4n) is 4.30. The molecule has 1 fully saturated rings. The van der Waals surface area contributed by atoms with Crippen LogP contribution in [0.4, 0.5) is 0 Å². The average molecular weight is 392 g/mol. The third-order valence-electron chi connectivity index (χ3n) is 6.24. The highest BCUT2D eigenvalue weighted by Crippen LogP contribution is 2.33. The molecule has 2 rings (SSSR count). The number of esters is 1. The van der Waals surface area contributed by atoms with E-state index in [1.54, 1.807) is 6.92 Å². The van der Waals surface area contributed by atoms with E-state index in [4.69, 9.17) is 4.74 Å². The van der Waals surface area contributed by atoms with Crippen LogP contribution in [0.25, 0.3) is 0 Å². The van der Waals surface area contributed by atoms with Crippen molar-refractivity contribution in [1.82, 2.24) is 5.32 Å². The molecular weight excluding hydrogens is 354 g/mol. The molecule has 2 unspecified atom stereocenters. The number of carbonyl (C=O) groups excluding carboxylic acids is 1. The van der Waals surface area contributed by atoms with Gasteiger partial charge in [-0.2, -0.15) is 0 Å². The molecule has 1 saturated heterocycles. The van der Waals surface area contributed by atoms with Gasteiger partial charge in [-0.1, -0.05) is 50.1 Å². The molecule has 5 atom stereocenters. The van der Waals surface area contributed by atoms with Crippen molar-refractivity contribution < 1.29 is 19.7 Å². The molecule has 3 N–H and O–H groups in total. The zero-order valence-electron chi connectivity index (χ0n) is 17.6. The molecule has 1 aliphatic heterocycles. The first-order valence-electron chi connectivity index (χ1n) is 10.7. The van der Waals surface area contributed by atoms with E-state index in [1.807, 2.05) is 30.3 Å². The molecule has 0 radical (unpaired) electrons. The van der Waals surface area contributed by atoms with Gasteiger partial charge < -0.3 is 20.3 Å². The van der Waals surface area contributed by atoms with Crippen molar-refractivity contribution in [3.63, 3.8) is 0 Å². The fraction of sp³-hybridized carbons (Fsp3) is 0.696. The molecular formula is C23H37NO4. The number of ether oxygens (including phenoxy) is 1. The lowest BCUT2D eigenvalue weighted by Crippen LogP contribution is -2.57. The van der Waals surface area contributed by atoms with Crippen LogP contribution in [0.5, 0.6) is 0 Å². The van der Waals surface area contributed by atoms with Crippen LogP contribution in [0.3, 0.4) is 0 Å². The third-order valence-corrected chi connectivity index (χ3v) is 6.24. The van der Waals surface area contributed by atoms with Crippen LogP contribution in [-0.4, -0.2) is 40.5 Å².